The first kappa shape index (κ1) is 17.4. The highest BCUT2D eigenvalue weighted by Gasteiger charge is 2.33. The molecule has 0 saturated carbocycles. The van der Waals surface area contributed by atoms with Gasteiger partial charge in [-0.2, -0.15) is 13.2 Å². The molecule has 0 bridgehead atoms. The molecule has 0 heterocycles. The Hall–Kier alpha value is -1.58. The van der Waals surface area contributed by atoms with Gasteiger partial charge in [-0.05, 0) is 6.92 Å². The monoisotopic (exact) mass is 299 g/mol. The van der Waals surface area contributed by atoms with Crippen molar-refractivity contribution < 1.29 is 27.5 Å². The van der Waals surface area contributed by atoms with E-state index < -0.39 is 35.4 Å². The van der Waals surface area contributed by atoms with Crippen molar-refractivity contribution in [3.63, 3.8) is 0 Å². The number of alkyl halides is 3. The fourth-order valence-corrected chi connectivity index (χ4v) is 1.34. The molecule has 0 aliphatic carbocycles. The molecule has 0 aliphatic rings. The standard InChI is InChI=1S/C9H12F3N3O3S/c1-2-18-6(17)3-5(16)4-19-8(14)15-7(13)9(10,11)12/h2-4H2,1H3,(H3,13,14,15). The summed E-state index contributed by atoms with van der Waals surface area (Å²) in [5.74, 6) is -3.32. The van der Waals surface area contributed by atoms with E-state index in [-0.39, 0.29) is 12.4 Å². The van der Waals surface area contributed by atoms with Crippen molar-refractivity contribution in [1.29, 1.82) is 5.41 Å². The summed E-state index contributed by atoms with van der Waals surface area (Å²) in [5.41, 5.74) is 4.59. The van der Waals surface area contributed by atoms with Crippen molar-refractivity contribution >= 4 is 34.5 Å². The Kier molecular flexibility index (Phi) is 7.12. The zero-order valence-corrected chi connectivity index (χ0v) is 10.7. The van der Waals surface area contributed by atoms with Gasteiger partial charge in [0.05, 0.1) is 12.4 Å². The first-order chi connectivity index (χ1) is 8.66. The molecule has 0 radical (unpaired) electrons. The second kappa shape index (κ2) is 7.77. The van der Waals surface area contributed by atoms with Gasteiger partial charge in [0.15, 0.2) is 11.0 Å². The van der Waals surface area contributed by atoms with Crippen LogP contribution < -0.4 is 5.73 Å². The molecular formula is C9H12F3N3O3S. The van der Waals surface area contributed by atoms with Gasteiger partial charge in [0.2, 0.25) is 5.84 Å². The number of esters is 1. The molecule has 0 spiro atoms. The number of nitrogens with two attached hydrogens (primary N) is 1. The van der Waals surface area contributed by atoms with Crippen LogP contribution in [0.25, 0.3) is 0 Å². The van der Waals surface area contributed by atoms with Crippen LogP contribution in [0.2, 0.25) is 0 Å². The minimum atomic E-state index is -4.82. The van der Waals surface area contributed by atoms with Crippen LogP contribution in [-0.2, 0) is 14.3 Å². The smallest absolute Gasteiger partial charge is 0.449 e. The number of Topliss-reactive ketones (excluding diaryl/α,β-unsaturated/α-hetero) is 1. The van der Waals surface area contributed by atoms with Gasteiger partial charge < -0.3 is 10.5 Å². The van der Waals surface area contributed by atoms with E-state index in [2.05, 4.69) is 15.5 Å². The third-order valence-corrected chi connectivity index (χ3v) is 2.36. The number of hydrogen-bond acceptors (Lipinski definition) is 5. The zero-order valence-electron chi connectivity index (χ0n) is 9.91. The maximum Gasteiger partial charge on any atom is 0.449 e. The molecule has 10 heteroatoms. The Morgan fingerprint density at radius 3 is 2.47 bits per heavy atom. The number of nitrogens with zero attached hydrogens (tertiary/aromatic N) is 1. The third kappa shape index (κ3) is 8.19. The molecule has 0 fully saturated rings. The molecule has 0 aromatic rings. The Labute approximate surface area is 111 Å². The second-order valence-electron chi connectivity index (χ2n) is 3.11. The molecule has 0 amide bonds. The molecule has 0 atom stereocenters. The summed E-state index contributed by atoms with van der Waals surface area (Å²) in [4.78, 5) is 24.9. The highest BCUT2D eigenvalue weighted by atomic mass is 32.2. The molecule has 3 N–H and O–H groups in total. The predicted molar refractivity (Wildman–Crippen MR) is 64.1 cm³/mol. The van der Waals surface area contributed by atoms with Crippen LogP contribution in [-0.4, -0.2) is 41.3 Å². The lowest BCUT2D eigenvalue weighted by Gasteiger charge is -2.05. The van der Waals surface area contributed by atoms with Gasteiger partial charge in [0.25, 0.3) is 0 Å². The van der Waals surface area contributed by atoms with Crippen LogP contribution in [0, 0.1) is 5.41 Å². The Morgan fingerprint density at radius 1 is 1.42 bits per heavy atom. The number of amidine groups is 2. The summed E-state index contributed by atoms with van der Waals surface area (Å²) < 4.78 is 40.4. The number of halogens is 3. The molecule has 0 aliphatic heterocycles. The van der Waals surface area contributed by atoms with Gasteiger partial charge >= 0.3 is 12.1 Å². The van der Waals surface area contributed by atoms with Gasteiger partial charge in [0.1, 0.15) is 6.42 Å². The number of carbonyl (C=O) groups is 2. The highest BCUT2D eigenvalue weighted by Crippen LogP contribution is 2.15. The van der Waals surface area contributed by atoms with E-state index in [1.165, 1.54) is 0 Å². The van der Waals surface area contributed by atoms with Crippen LogP contribution in [0.15, 0.2) is 4.99 Å². The van der Waals surface area contributed by atoms with E-state index in [0.717, 1.165) is 0 Å². The van der Waals surface area contributed by atoms with E-state index in [4.69, 9.17) is 5.41 Å². The van der Waals surface area contributed by atoms with E-state index in [9.17, 15) is 22.8 Å². The Bertz CT molecular complexity index is 396. The molecule has 0 aromatic carbocycles. The second-order valence-corrected chi connectivity index (χ2v) is 4.07. The quantitative estimate of drug-likeness (QED) is 0.342. The van der Waals surface area contributed by atoms with Crippen molar-refractivity contribution in [2.75, 3.05) is 12.4 Å². The summed E-state index contributed by atoms with van der Waals surface area (Å²) in [6, 6.07) is 0. The Morgan fingerprint density at radius 2 is 2.00 bits per heavy atom. The van der Waals surface area contributed by atoms with Gasteiger partial charge in [-0.25, -0.2) is 4.99 Å². The number of nitrogens with one attached hydrogen (secondary N) is 1. The number of thioether (sulfide) groups is 1. The largest absolute Gasteiger partial charge is 0.466 e. The number of carbonyl (C=O) groups excluding carboxylic acids is 2. The molecule has 0 unspecified atom stereocenters. The molecular weight excluding hydrogens is 287 g/mol. The third-order valence-electron chi connectivity index (χ3n) is 1.53. The summed E-state index contributed by atoms with van der Waals surface area (Å²) in [6.45, 7) is 1.70. The predicted octanol–water partition coefficient (Wildman–Crippen LogP) is 1.10. The van der Waals surface area contributed by atoms with Crippen LogP contribution in [0.1, 0.15) is 13.3 Å². The van der Waals surface area contributed by atoms with Gasteiger partial charge in [-0.15, -0.1) is 0 Å². The average Bonchev–Trinajstić information content (AvgIpc) is 2.25. The number of ether oxygens (including phenoxy) is 1. The normalized spacial score (nSPS) is 12.1. The van der Waals surface area contributed by atoms with Crippen molar-refractivity contribution in [3.05, 3.63) is 0 Å². The fraction of sp³-hybridized carbons (Fsp3) is 0.556. The van der Waals surface area contributed by atoms with Crippen molar-refractivity contribution in [1.82, 2.24) is 0 Å². The van der Waals surface area contributed by atoms with Crippen LogP contribution in [0.3, 0.4) is 0 Å². The zero-order chi connectivity index (χ0) is 15.1. The fourth-order valence-electron chi connectivity index (χ4n) is 0.778. The minimum absolute atomic E-state index is 0.126. The summed E-state index contributed by atoms with van der Waals surface area (Å²) >= 11 is 0.448. The van der Waals surface area contributed by atoms with Crippen LogP contribution in [0.5, 0.6) is 0 Å². The van der Waals surface area contributed by atoms with Gasteiger partial charge in [0, 0.05) is 0 Å². The molecule has 0 saturated heterocycles. The topological polar surface area (TPSA) is 106 Å². The molecule has 6 nitrogen and oxygen atoms in total. The van der Waals surface area contributed by atoms with Crippen LogP contribution >= 0.6 is 11.8 Å². The molecule has 0 aromatic heterocycles. The molecule has 0 rings (SSSR count). The van der Waals surface area contributed by atoms with Gasteiger partial charge in [-0.1, -0.05) is 11.8 Å². The summed E-state index contributed by atoms with van der Waals surface area (Å²) in [6.07, 6.45) is -5.31. The van der Waals surface area contributed by atoms with Gasteiger partial charge in [-0.3, -0.25) is 15.0 Å². The average molecular weight is 299 g/mol. The number of hydrogen-bond donors (Lipinski definition) is 2. The lowest BCUT2D eigenvalue weighted by molar-refractivity contribution is -0.145. The maximum atomic E-state index is 12.0. The van der Waals surface area contributed by atoms with Crippen LogP contribution in [0.4, 0.5) is 13.2 Å². The molecule has 108 valence electrons. The SMILES string of the molecule is CCOC(=O)CC(=O)CSC(=N)/N=C(\N)C(F)(F)F. The van der Waals surface area contributed by atoms with Crippen molar-refractivity contribution in [2.45, 2.75) is 19.5 Å². The minimum Gasteiger partial charge on any atom is -0.466 e. The van der Waals surface area contributed by atoms with Crippen molar-refractivity contribution in [2.24, 2.45) is 10.7 Å². The maximum absolute atomic E-state index is 12.0. The number of rotatable bonds is 5. The number of aliphatic imine (C=N–C) groups is 1. The molecule has 19 heavy (non-hydrogen) atoms. The van der Waals surface area contributed by atoms with E-state index >= 15 is 0 Å². The first-order valence-corrected chi connectivity index (χ1v) is 5.95. The first-order valence-electron chi connectivity index (χ1n) is 4.96. The lowest BCUT2D eigenvalue weighted by atomic mass is 10.3. The Balaban J connectivity index is 4.18. The summed E-state index contributed by atoms with van der Waals surface area (Å²) in [7, 11) is 0. The van der Waals surface area contributed by atoms with E-state index in [0.29, 0.717) is 11.8 Å². The highest BCUT2D eigenvalue weighted by molar-refractivity contribution is 8.14. The van der Waals surface area contributed by atoms with E-state index in [1.807, 2.05) is 0 Å². The lowest BCUT2D eigenvalue weighted by Crippen LogP contribution is -2.32. The van der Waals surface area contributed by atoms with Crippen molar-refractivity contribution in [3.8, 4) is 0 Å². The van der Waals surface area contributed by atoms with E-state index in [1.54, 1.807) is 6.92 Å². The summed E-state index contributed by atoms with van der Waals surface area (Å²) in [5, 5.41) is 6.33. The number of ketones is 1.